The topological polar surface area (TPSA) is 52.0 Å². The number of anilines is 2. The predicted octanol–water partition coefficient (Wildman–Crippen LogP) is 12.5. The molecule has 3 aromatic rings. The molecule has 0 saturated carbocycles. The molecule has 3 heterocycles. The number of pyridine rings is 1. The average molecular weight is 767 g/mol. The molecule has 2 aromatic heterocycles. The Kier molecular flexibility index (Phi) is 20.5. The van der Waals surface area contributed by atoms with Crippen molar-refractivity contribution in [2.75, 3.05) is 18.2 Å². The van der Waals surface area contributed by atoms with E-state index in [4.69, 9.17) is 16.3 Å². The van der Waals surface area contributed by atoms with Gasteiger partial charge in [-0.2, -0.15) is 0 Å². The monoisotopic (exact) mass is 766 g/mol. The first kappa shape index (κ1) is 41.1. The number of aromatic nitrogens is 3. The van der Waals surface area contributed by atoms with Gasteiger partial charge in [-0.25, -0.2) is 27.5 Å². The molecule has 0 bridgehead atoms. The molecule has 5 nitrogen and oxygen atoms in total. The zero-order chi connectivity index (χ0) is 32.6. The Morgan fingerprint density at radius 1 is 1.07 bits per heavy atom. The minimum absolute atomic E-state index is 0.0216. The minimum atomic E-state index is -2.79. The highest BCUT2D eigenvalue weighted by atomic mass is 127. The Balaban J connectivity index is 0.00000150. The maximum Gasteiger partial charge on any atom is 0.295 e. The zero-order valence-electron chi connectivity index (χ0n) is 26.1. The van der Waals surface area contributed by atoms with Crippen LogP contribution in [0.4, 0.5) is 28.9 Å². The molecule has 13 heteroatoms. The number of thioether (sulfide) groups is 1. The Labute approximate surface area is 273 Å². The first-order chi connectivity index (χ1) is 20.0. The highest BCUT2D eigenvalue weighted by Gasteiger charge is 2.36. The van der Waals surface area contributed by atoms with E-state index < -0.39 is 25.1 Å². The largest absolute Gasteiger partial charge is 0.367 e. The highest BCUT2D eigenvalue weighted by molar-refractivity contribution is 14.2. The maximum absolute atomic E-state index is 13.5. The van der Waals surface area contributed by atoms with E-state index in [1.165, 1.54) is 22.2 Å². The number of alkyl halides is 4. The molecule has 2 unspecified atom stereocenters. The maximum atomic E-state index is 13.5. The smallest absolute Gasteiger partial charge is 0.295 e. The van der Waals surface area contributed by atoms with Crippen LogP contribution in [-0.4, -0.2) is 33.1 Å². The lowest BCUT2D eigenvalue weighted by Crippen LogP contribution is -2.30. The van der Waals surface area contributed by atoms with E-state index >= 15 is 0 Å². The number of benzene rings is 1. The molecule has 1 aliphatic heterocycles. The van der Waals surface area contributed by atoms with E-state index in [0.29, 0.717) is 16.9 Å². The van der Waals surface area contributed by atoms with Gasteiger partial charge in [0, 0.05) is 17.4 Å². The van der Waals surface area contributed by atoms with E-state index in [9.17, 15) is 17.6 Å². The van der Waals surface area contributed by atoms with Gasteiger partial charge in [-0.1, -0.05) is 80.0 Å². The summed E-state index contributed by atoms with van der Waals surface area (Å²) in [4.78, 5) is 9.15. The van der Waals surface area contributed by atoms with Gasteiger partial charge in [0.2, 0.25) is 0 Å². The lowest BCUT2D eigenvalue weighted by Gasteiger charge is -2.29. The highest BCUT2D eigenvalue weighted by Crippen LogP contribution is 2.41. The van der Waals surface area contributed by atoms with Crippen LogP contribution < -0.4 is 5.32 Å². The molecule has 0 aliphatic carbocycles. The van der Waals surface area contributed by atoms with Gasteiger partial charge < -0.3 is 10.1 Å². The first-order valence-corrected chi connectivity index (χ1v) is 19.8. The Morgan fingerprint density at radius 2 is 1.67 bits per heavy atom. The Bertz CT molecular complexity index is 1190. The second-order valence-corrected chi connectivity index (χ2v) is 12.2. The quantitative estimate of drug-likeness (QED) is 0.0890. The lowest BCUT2D eigenvalue weighted by molar-refractivity contribution is -0.145. The zero-order valence-corrected chi connectivity index (χ0v) is 30.8. The van der Waals surface area contributed by atoms with Crippen molar-refractivity contribution in [1.29, 1.82) is 0 Å². The van der Waals surface area contributed by atoms with Crippen LogP contribution in [0.2, 0.25) is 5.15 Å². The van der Waals surface area contributed by atoms with Gasteiger partial charge in [-0.15, -0.1) is 11.8 Å². The van der Waals surface area contributed by atoms with E-state index in [-0.39, 0.29) is 35.8 Å². The summed E-state index contributed by atoms with van der Waals surface area (Å²) in [6, 6.07) is 7.04. The Morgan fingerprint density at radius 3 is 2.14 bits per heavy atom. The van der Waals surface area contributed by atoms with E-state index in [0.717, 1.165) is 16.4 Å². The van der Waals surface area contributed by atoms with Crippen LogP contribution in [0.3, 0.4) is 0 Å². The number of nitrogens with one attached hydrogen (secondary N) is 1. The summed E-state index contributed by atoms with van der Waals surface area (Å²) in [6.07, 6.45) is -1.26. The number of ether oxygens (including phenoxy) is 1. The van der Waals surface area contributed by atoms with Crippen molar-refractivity contribution in [2.45, 2.75) is 98.5 Å². The van der Waals surface area contributed by atoms with Gasteiger partial charge in [0.05, 0.1) is 23.9 Å². The van der Waals surface area contributed by atoms with Crippen LogP contribution >= 0.6 is 51.8 Å². The molecule has 1 aromatic carbocycles. The molecule has 0 spiro atoms. The molecule has 0 amide bonds. The number of fused-ring (bicyclic) bond motifs is 1. The fraction of sp³-hybridized carbons (Fsp3) is 0.586. The van der Waals surface area contributed by atoms with Gasteiger partial charge in [0.25, 0.3) is 12.3 Å². The van der Waals surface area contributed by atoms with Crippen molar-refractivity contribution in [3.8, 4) is 0 Å². The van der Waals surface area contributed by atoms with Gasteiger partial charge in [0.15, 0.2) is 11.5 Å². The van der Waals surface area contributed by atoms with Crippen molar-refractivity contribution < 1.29 is 22.3 Å². The van der Waals surface area contributed by atoms with Crippen LogP contribution in [0.5, 0.6) is 0 Å². The van der Waals surface area contributed by atoms with Crippen LogP contribution in [0.15, 0.2) is 29.2 Å². The van der Waals surface area contributed by atoms with E-state index in [1.807, 2.05) is 88.0 Å². The SMILES string of the molecule is CC.CC.CC.CC(C)C.CSc1cc(C2CCC(F)(F)CO2)ccc1Nc1cc(Cl)nc2c1nc(C(F)F)n2PI. The van der Waals surface area contributed by atoms with E-state index in [1.54, 1.807) is 0 Å². The third kappa shape index (κ3) is 12.3. The molecule has 1 saturated heterocycles. The summed E-state index contributed by atoms with van der Waals surface area (Å²) < 4.78 is 60.5. The fourth-order valence-corrected chi connectivity index (χ4v) is 6.18. The summed E-state index contributed by atoms with van der Waals surface area (Å²) in [5, 5.41) is 3.38. The van der Waals surface area contributed by atoms with E-state index in [2.05, 4.69) is 36.1 Å². The third-order valence-corrected chi connectivity index (χ3v) is 8.05. The summed E-state index contributed by atoms with van der Waals surface area (Å²) in [6.45, 7) is 17.9. The molecule has 1 aliphatic rings. The summed E-state index contributed by atoms with van der Waals surface area (Å²) in [7, 11) is 0. The molecular formula is C29H45ClF4IN4OPS. The number of halogens is 6. The average Bonchev–Trinajstić information content (AvgIpc) is 3.35. The fourth-order valence-electron chi connectivity index (χ4n) is 3.50. The standard InChI is InChI=1S/C19H17ClF4IN4OPS.C4H10.3C2H6/c1-32-13-6-9(12-4-5-19(23,24)8-30-12)2-3-10(13)26-11-7-14(20)27-17-15(11)28-18(16(21)22)29(17)31-25;1-4(2)3;3*1-2/h2-3,6-7,12,16,31H,4-5,8H2,1H3,(H,26,27);4H,1-3H3;3*1-2H3. The number of nitrogens with zero attached hydrogens (tertiary/aromatic N) is 3. The summed E-state index contributed by atoms with van der Waals surface area (Å²) >= 11 is 9.62. The number of hydrogen-bond acceptors (Lipinski definition) is 5. The summed E-state index contributed by atoms with van der Waals surface area (Å²) in [5.74, 6) is -2.32. The normalized spacial score (nSPS) is 15.6. The van der Waals surface area contributed by atoms with Crippen molar-refractivity contribution in [3.63, 3.8) is 0 Å². The first-order valence-electron chi connectivity index (χ1n) is 14.1. The lowest BCUT2D eigenvalue weighted by atomic mass is 9.99. The Hall–Kier alpha value is -0.880. The number of hydrogen-bond donors (Lipinski definition) is 1. The molecule has 4 rings (SSSR count). The van der Waals surface area contributed by atoms with Gasteiger partial charge in [-0.3, -0.25) is 4.34 Å². The van der Waals surface area contributed by atoms with Crippen LogP contribution in [0.25, 0.3) is 11.2 Å². The van der Waals surface area contributed by atoms with Crippen LogP contribution in [0.1, 0.15) is 99.1 Å². The molecule has 2 atom stereocenters. The molecular weight excluding hydrogens is 722 g/mol. The number of imidazole rings is 1. The van der Waals surface area contributed by atoms with Gasteiger partial charge in [-0.05, 0) is 58.3 Å². The van der Waals surface area contributed by atoms with Crippen molar-refractivity contribution in [3.05, 3.63) is 40.8 Å². The van der Waals surface area contributed by atoms with Crippen LogP contribution in [0, 0.1) is 5.92 Å². The summed E-state index contributed by atoms with van der Waals surface area (Å²) in [5.41, 5.74) is 2.54. The third-order valence-electron chi connectivity index (χ3n) is 5.02. The molecule has 42 heavy (non-hydrogen) atoms. The van der Waals surface area contributed by atoms with Gasteiger partial charge >= 0.3 is 0 Å². The molecule has 0 radical (unpaired) electrons. The molecule has 1 fully saturated rings. The molecule has 240 valence electrons. The number of rotatable bonds is 6. The molecule has 1 N–H and O–H groups in total. The van der Waals surface area contributed by atoms with Crippen molar-refractivity contribution >= 4 is 74.3 Å². The second kappa shape index (κ2) is 21.0. The van der Waals surface area contributed by atoms with Crippen molar-refractivity contribution in [1.82, 2.24) is 14.3 Å². The van der Waals surface area contributed by atoms with Crippen molar-refractivity contribution in [2.24, 2.45) is 5.92 Å². The van der Waals surface area contributed by atoms with Gasteiger partial charge in [0.1, 0.15) is 17.3 Å². The minimum Gasteiger partial charge on any atom is -0.367 e. The van der Waals surface area contributed by atoms with Crippen LogP contribution in [-0.2, 0) is 4.74 Å². The second-order valence-electron chi connectivity index (χ2n) is 8.87. The predicted molar refractivity (Wildman–Crippen MR) is 184 cm³/mol.